The van der Waals surface area contributed by atoms with Gasteiger partial charge < -0.3 is 9.73 Å². The molecule has 5 aromatic carbocycles. The average Bonchev–Trinajstić information content (AvgIpc) is 3.83. The van der Waals surface area contributed by atoms with Crippen LogP contribution in [0.3, 0.4) is 0 Å². The molecule has 0 fully saturated rings. The number of nitrogens with zero attached hydrogens (tertiary/aromatic N) is 2. The standard InChI is InChI=1S/C51H39N3OS/c1-30-13-3-5-17-35(30)43-29-42(53-51(54-43)36-18-6-4-14-31(36)2)33-15-11-16-34(27-33)49-50-48(38-19-7-9-22-44(38)55-50)40-28-32(25-26-41(40)52-49)37-21-12-24-46-47(37)39-20-8-10-23-45(39)56-46/h3-13,15-31,35,49,52H,14H2,1-2H3. The van der Waals surface area contributed by atoms with Crippen molar-refractivity contribution in [3.63, 3.8) is 0 Å². The van der Waals surface area contributed by atoms with Crippen LogP contribution in [-0.4, -0.2) is 9.97 Å². The van der Waals surface area contributed by atoms with Crippen LogP contribution in [0.5, 0.6) is 0 Å². The van der Waals surface area contributed by atoms with Crippen molar-refractivity contribution in [1.29, 1.82) is 0 Å². The highest BCUT2D eigenvalue weighted by molar-refractivity contribution is 7.25. The highest BCUT2D eigenvalue weighted by atomic mass is 32.1. The van der Waals surface area contributed by atoms with Gasteiger partial charge in [0.1, 0.15) is 17.4 Å². The molecule has 11 rings (SSSR count). The zero-order valence-electron chi connectivity index (χ0n) is 31.2. The average molecular weight is 742 g/mol. The highest BCUT2D eigenvalue weighted by Crippen LogP contribution is 2.50. The normalized spacial score (nSPS) is 19.9. The van der Waals surface area contributed by atoms with Crippen LogP contribution in [0, 0.1) is 11.8 Å². The summed E-state index contributed by atoms with van der Waals surface area (Å²) in [5.74, 6) is 2.63. The van der Waals surface area contributed by atoms with Crippen molar-refractivity contribution in [3.05, 3.63) is 181 Å². The van der Waals surface area contributed by atoms with Gasteiger partial charge in [0.15, 0.2) is 5.82 Å². The molecule has 4 nitrogen and oxygen atoms in total. The number of hydrogen-bond donors (Lipinski definition) is 1. The Hall–Kier alpha value is -6.30. The second-order valence-electron chi connectivity index (χ2n) is 15.4. The van der Waals surface area contributed by atoms with Gasteiger partial charge in [0, 0.05) is 53.9 Å². The summed E-state index contributed by atoms with van der Waals surface area (Å²) in [5.41, 5.74) is 12.1. The molecule has 56 heavy (non-hydrogen) atoms. The van der Waals surface area contributed by atoms with Gasteiger partial charge >= 0.3 is 0 Å². The van der Waals surface area contributed by atoms with E-state index in [2.05, 4.69) is 177 Å². The van der Waals surface area contributed by atoms with E-state index in [1.54, 1.807) is 0 Å². The summed E-state index contributed by atoms with van der Waals surface area (Å²) < 4.78 is 9.45. The first-order chi connectivity index (χ1) is 27.6. The van der Waals surface area contributed by atoms with Crippen molar-refractivity contribution in [1.82, 2.24) is 9.97 Å². The molecule has 5 heteroatoms. The predicted octanol–water partition coefficient (Wildman–Crippen LogP) is 13.9. The first-order valence-corrected chi connectivity index (χ1v) is 20.4. The van der Waals surface area contributed by atoms with Crippen LogP contribution in [0.25, 0.3) is 70.2 Å². The Balaban J connectivity index is 1.04. The van der Waals surface area contributed by atoms with Crippen LogP contribution >= 0.6 is 11.3 Å². The van der Waals surface area contributed by atoms with Crippen molar-refractivity contribution >= 4 is 53.7 Å². The molecule has 4 heterocycles. The second kappa shape index (κ2) is 13.2. The Labute approximate surface area is 330 Å². The topological polar surface area (TPSA) is 51.0 Å². The summed E-state index contributed by atoms with van der Waals surface area (Å²) in [7, 11) is 0. The maximum absolute atomic E-state index is 6.83. The number of furan rings is 1. The number of benzene rings is 5. The van der Waals surface area contributed by atoms with Crippen molar-refractivity contribution in [3.8, 4) is 33.5 Å². The minimum Gasteiger partial charge on any atom is -0.458 e. The lowest BCUT2D eigenvalue weighted by atomic mass is 9.86. The number of rotatable bonds is 5. The number of hydrogen-bond acceptors (Lipinski definition) is 5. The van der Waals surface area contributed by atoms with E-state index in [1.165, 1.54) is 36.9 Å². The summed E-state index contributed by atoms with van der Waals surface area (Å²) in [5, 5.41) is 7.68. The summed E-state index contributed by atoms with van der Waals surface area (Å²) in [6.45, 7) is 4.53. The Morgan fingerprint density at radius 2 is 1.55 bits per heavy atom. The molecule has 0 radical (unpaired) electrons. The summed E-state index contributed by atoms with van der Waals surface area (Å²) in [6.07, 6.45) is 16.4. The lowest BCUT2D eigenvalue weighted by Crippen LogP contribution is -2.17. The number of fused-ring (bicyclic) bond motifs is 8. The SMILES string of the molecule is CC1CC=CC=C1c1nc(-c2cccc(C3Nc4ccc(-c5cccc6sc7ccccc7c56)cc4-c4c3oc3ccccc43)c2)cc(C2C=CC=CC2C)n1. The van der Waals surface area contributed by atoms with Gasteiger partial charge in [0.25, 0.3) is 0 Å². The van der Waals surface area contributed by atoms with Gasteiger partial charge in [-0.1, -0.05) is 129 Å². The monoisotopic (exact) mass is 741 g/mol. The smallest absolute Gasteiger partial charge is 0.156 e. The fourth-order valence-electron chi connectivity index (χ4n) is 8.98. The lowest BCUT2D eigenvalue weighted by molar-refractivity contribution is 0.536. The molecule has 0 bridgehead atoms. The first-order valence-electron chi connectivity index (χ1n) is 19.6. The van der Waals surface area contributed by atoms with E-state index in [1.807, 2.05) is 11.3 Å². The van der Waals surface area contributed by atoms with E-state index >= 15 is 0 Å². The fraction of sp³-hybridized carbons (Fsp3) is 0.137. The molecular weight excluding hydrogens is 703 g/mol. The van der Waals surface area contributed by atoms with E-state index in [0.29, 0.717) is 11.8 Å². The molecule has 4 unspecified atom stereocenters. The van der Waals surface area contributed by atoms with E-state index in [4.69, 9.17) is 14.4 Å². The Morgan fingerprint density at radius 1 is 0.714 bits per heavy atom. The first kappa shape index (κ1) is 33.1. The van der Waals surface area contributed by atoms with Gasteiger partial charge in [-0.2, -0.15) is 0 Å². The van der Waals surface area contributed by atoms with Crippen molar-refractivity contribution in [2.75, 3.05) is 5.32 Å². The largest absolute Gasteiger partial charge is 0.458 e. The van der Waals surface area contributed by atoms with Crippen molar-refractivity contribution in [2.45, 2.75) is 32.2 Å². The molecule has 4 atom stereocenters. The molecule has 3 aliphatic rings. The van der Waals surface area contributed by atoms with E-state index in [9.17, 15) is 0 Å². The van der Waals surface area contributed by atoms with Crippen LogP contribution in [0.4, 0.5) is 5.69 Å². The van der Waals surface area contributed by atoms with Crippen LogP contribution in [0.15, 0.2) is 162 Å². The van der Waals surface area contributed by atoms with Gasteiger partial charge in [-0.05, 0) is 83.0 Å². The molecule has 0 saturated carbocycles. The molecule has 0 amide bonds. The van der Waals surface area contributed by atoms with Crippen LogP contribution in [0.2, 0.25) is 0 Å². The zero-order valence-corrected chi connectivity index (χ0v) is 32.1. The zero-order chi connectivity index (χ0) is 37.3. The molecular formula is C51H39N3OS. The van der Waals surface area contributed by atoms with Gasteiger partial charge in [-0.15, -0.1) is 11.3 Å². The third-order valence-corrected chi connectivity index (χ3v) is 13.0. The fourth-order valence-corrected chi connectivity index (χ4v) is 10.1. The minimum absolute atomic E-state index is 0.184. The van der Waals surface area contributed by atoms with E-state index in [-0.39, 0.29) is 12.0 Å². The van der Waals surface area contributed by atoms with Crippen molar-refractivity contribution < 1.29 is 4.42 Å². The summed E-state index contributed by atoms with van der Waals surface area (Å²) >= 11 is 1.86. The lowest BCUT2D eigenvalue weighted by Gasteiger charge is -2.28. The molecule has 2 aliphatic carbocycles. The molecule has 1 aliphatic heterocycles. The Morgan fingerprint density at radius 3 is 2.46 bits per heavy atom. The maximum atomic E-state index is 6.83. The number of anilines is 1. The van der Waals surface area contributed by atoms with E-state index < -0.39 is 0 Å². The Bertz CT molecular complexity index is 2990. The number of thiophene rings is 1. The molecule has 8 aromatic rings. The van der Waals surface area contributed by atoms with Gasteiger partial charge in [-0.25, -0.2) is 9.97 Å². The number of para-hydroxylation sites is 1. The summed E-state index contributed by atoms with van der Waals surface area (Å²) in [4.78, 5) is 10.5. The summed E-state index contributed by atoms with van der Waals surface area (Å²) in [6, 6.07) is 41.6. The maximum Gasteiger partial charge on any atom is 0.156 e. The van der Waals surface area contributed by atoms with Crippen LogP contribution in [0.1, 0.15) is 55.1 Å². The molecule has 0 saturated heterocycles. The highest BCUT2D eigenvalue weighted by Gasteiger charge is 2.32. The third-order valence-electron chi connectivity index (χ3n) is 11.9. The third kappa shape index (κ3) is 5.41. The number of allylic oxidation sites excluding steroid dienone is 8. The molecule has 270 valence electrons. The van der Waals surface area contributed by atoms with Gasteiger partial charge in [0.2, 0.25) is 0 Å². The molecule has 0 spiro atoms. The van der Waals surface area contributed by atoms with Crippen LogP contribution in [-0.2, 0) is 0 Å². The quantitative estimate of drug-likeness (QED) is 0.191. The predicted molar refractivity (Wildman–Crippen MR) is 234 cm³/mol. The van der Waals surface area contributed by atoms with E-state index in [0.717, 1.165) is 68.3 Å². The minimum atomic E-state index is -0.196. The van der Waals surface area contributed by atoms with Crippen molar-refractivity contribution in [2.24, 2.45) is 11.8 Å². The number of nitrogens with one attached hydrogen (secondary N) is 1. The molecule has 1 N–H and O–H groups in total. The molecule has 3 aromatic heterocycles. The Kier molecular flexibility index (Phi) is 7.78. The van der Waals surface area contributed by atoms with Gasteiger partial charge in [-0.3, -0.25) is 0 Å². The number of aromatic nitrogens is 2. The van der Waals surface area contributed by atoms with Gasteiger partial charge in [0.05, 0.1) is 11.4 Å². The second-order valence-corrected chi connectivity index (χ2v) is 16.5. The van der Waals surface area contributed by atoms with Crippen LogP contribution < -0.4 is 5.32 Å².